The first kappa shape index (κ1) is 12.1. The summed E-state index contributed by atoms with van der Waals surface area (Å²) < 4.78 is 5.95. The monoisotopic (exact) mass is 308 g/mol. The SMILES string of the molecule is CC1(C)Cc2c(sc3c2C2NNNN2C2=NNNN23)CO1. The van der Waals surface area contributed by atoms with Crippen LogP contribution >= 0.6 is 11.3 Å². The molecule has 0 spiro atoms. The van der Waals surface area contributed by atoms with E-state index in [4.69, 9.17) is 4.74 Å². The highest BCUT2D eigenvalue weighted by atomic mass is 32.1. The lowest BCUT2D eigenvalue weighted by Gasteiger charge is -2.36. The zero-order chi connectivity index (χ0) is 14.2. The largest absolute Gasteiger partial charge is 0.370 e. The van der Waals surface area contributed by atoms with E-state index in [0.717, 1.165) is 17.4 Å². The molecule has 0 aliphatic carbocycles. The number of fused-ring (bicyclic) bond motifs is 8. The molecule has 1 atom stereocenters. The van der Waals surface area contributed by atoms with Crippen molar-refractivity contribution >= 4 is 22.3 Å². The van der Waals surface area contributed by atoms with Crippen LogP contribution in [0.15, 0.2) is 5.10 Å². The normalized spacial score (nSPS) is 28.5. The van der Waals surface area contributed by atoms with E-state index in [1.807, 2.05) is 10.0 Å². The molecule has 10 heteroatoms. The fourth-order valence-electron chi connectivity index (χ4n) is 3.19. The lowest BCUT2D eigenvalue weighted by atomic mass is 9.92. The Hall–Kier alpha value is -1.43. The Bertz CT molecular complexity index is 655. The van der Waals surface area contributed by atoms with Gasteiger partial charge in [0.05, 0.1) is 12.2 Å². The Balaban J connectivity index is 1.70. The maximum atomic E-state index is 5.95. The maximum absolute atomic E-state index is 5.95. The minimum atomic E-state index is -0.128. The van der Waals surface area contributed by atoms with Crippen LogP contribution in [0.2, 0.25) is 0 Å². The predicted octanol–water partition coefficient (Wildman–Crippen LogP) is -0.459. The average molecular weight is 308 g/mol. The van der Waals surface area contributed by atoms with Gasteiger partial charge in [0.2, 0.25) is 0 Å². The zero-order valence-corrected chi connectivity index (χ0v) is 12.5. The summed E-state index contributed by atoms with van der Waals surface area (Å²) in [6, 6.07) is 0. The Kier molecular flexibility index (Phi) is 2.23. The van der Waals surface area contributed by atoms with Gasteiger partial charge in [-0.3, -0.25) is 0 Å². The van der Waals surface area contributed by atoms with Crippen molar-refractivity contribution in [3.05, 3.63) is 16.0 Å². The molecular weight excluding hydrogens is 292 g/mol. The van der Waals surface area contributed by atoms with Gasteiger partial charge in [0.15, 0.2) is 0 Å². The highest BCUT2D eigenvalue weighted by Crippen LogP contribution is 2.48. The van der Waals surface area contributed by atoms with E-state index >= 15 is 0 Å². The molecule has 5 heterocycles. The summed E-state index contributed by atoms with van der Waals surface area (Å²) >= 11 is 1.76. The van der Waals surface area contributed by atoms with Crippen molar-refractivity contribution in [1.29, 1.82) is 0 Å². The van der Waals surface area contributed by atoms with Gasteiger partial charge in [-0.1, -0.05) is 0 Å². The predicted molar refractivity (Wildman–Crippen MR) is 77.1 cm³/mol. The molecule has 0 saturated carbocycles. The number of rotatable bonds is 0. The zero-order valence-electron chi connectivity index (χ0n) is 11.6. The third kappa shape index (κ3) is 1.54. The molecule has 5 N–H and O–H groups in total. The minimum absolute atomic E-state index is 0.0191. The van der Waals surface area contributed by atoms with E-state index in [-0.39, 0.29) is 11.8 Å². The summed E-state index contributed by atoms with van der Waals surface area (Å²) in [5.74, 6) is 0.781. The molecule has 1 aromatic heterocycles. The van der Waals surface area contributed by atoms with Gasteiger partial charge in [-0.15, -0.1) is 22.0 Å². The molecule has 4 aliphatic rings. The van der Waals surface area contributed by atoms with E-state index in [1.165, 1.54) is 16.0 Å². The minimum Gasteiger partial charge on any atom is -0.370 e. The third-order valence-electron chi connectivity index (χ3n) is 4.16. The fourth-order valence-corrected chi connectivity index (χ4v) is 4.41. The highest BCUT2D eigenvalue weighted by Gasteiger charge is 2.46. The van der Waals surface area contributed by atoms with Crippen LogP contribution in [0.5, 0.6) is 0 Å². The lowest BCUT2D eigenvalue weighted by molar-refractivity contribution is -0.0386. The first-order valence-electron chi connectivity index (χ1n) is 6.86. The number of guanidine groups is 1. The Morgan fingerprint density at radius 3 is 3.19 bits per heavy atom. The summed E-state index contributed by atoms with van der Waals surface area (Å²) in [6.07, 6.45) is 0.930. The van der Waals surface area contributed by atoms with E-state index < -0.39 is 0 Å². The third-order valence-corrected chi connectivity index (χ3v) is 5.37. The molecule has 0 radical (unpaired) electrons. The molecule has 0 amide bonds. The van der Waals surface area contributed by atoms with Crippen LogP contribution in [0.4, 0.5) is 5.00 Å². The van der Waals surface area contributed by atoms with Crippen molar-refractivity contribution in [2.24, 2.45) is 5.10 Å². The van der Waals surface area contributed by atoms with Gasteiger partial charge >= 0.3 is 0 Å². The van der Waals surface area contributed by atoms with Gasteiger partial charge in [0, 0.05) is 16.9 Å². The van der Waals surface area contributed by atoms with Crippen LogP contribution in [-0.2, 0) is 17.8 Å². The van der Waals surface area contributed by atoms with Crippen molar-refractivity contribution < 1.29 is 4.74 Å². The topological polar surface area (TPSA) is 88.2 Å². The van der Waals surface area contributed by atoms with Crippen LogP contribution < -0.4 is 32.6 Å². The number of hydrogen-bond acceptors (Lipinski definition) is 10. The Labute approximate surface area is 125 Å². The van der Waals surface area contributed by atoms with Gasteiger partial charge in [-0.05, 0) is 19.4 Å². The summed E-state index contributed by atoms with van der Waals surface area (Å²) in [5.41, 5.74) is 17.7. The van der Waals surface area contributed by atoms with Crippen LogP contribution in [-0.4, -0.2) is 16.6 Å². The maximum Gasteiger partial charge on any atom is 0.259 e. The lowest BCUT2D eigenvalue weighted by Crippen LogP contribution is -2.55. The number of nitrogens with one attached hydrogen (secondary N) is 5. The number of hydrazone groups is 1. The second-order valence-electron chi connectivity index (χ2n) is 6.07. The molecule has 4 aliphatic heterocycles. The second kappa shape index (κ2) is 3.85. The molecule has 9 nitrogen and oxygen atoms in total. The molecule has 0 bridgehead atoms. The number of hydrazine groups is 5. The average Bonchev–Trinajstić information content (AvgIpc) is 3.13. The van der Waals surface area contributed by atoms with E-state index in [0.29, 0.717) is 6.61 Å². The first-order valence-corrected chi connectivity index (χ1v) is 7.68. The van der Waals surface area contributed by atoms with Crippen LogP contribution in [0.1, 0.15) is 36.0 Å². The summed E-state index contributed by atoms with van der Waals surface area (Å²) in [6.45, 7) is 4.95. The van der Waals surface area contributed by atoms with Crippen molar-refractivity contribution in [1.82, 2.24) is 32.6 Å². The molecular formula is C11H16N8OS. The Morgan fingerprint density at radius 1 is 1.38 bits per heavy atom. The summed E-state index contributed by atoms with van der Waals surface area (Å²) in [4.78, 5) is 1.29. The van der Waals surface area contributed by atoms with Gasteiger partial charge < -0.3 is 4.74 Å². The molecule has 21 heavy (non-hydrogen) atoms. The fraction of sp³-hybridized carbons (Fsp3) is 0.545. The van der Waals surface area contributed by atoms with Crippen molar-refractivity contribution in [2.75, 3.05) is 5.01 Å². The number of hydrogen-bond donors (Lipinski definition) is 5. The second-order valence-corrected chi connectivity index (χ2v) is 7.16. The molecule has 1 unspecified atom stereocenters. The number of thiophene rings is 1. The molecule has 5 rings (SSSR count). The van der Waals surface area contributed by atoms with Crippen LogP contribution in [0.3, 0.4) is 0 Å². The molecule has 112 valence electrons. The highest BCUT2D eigenvalue weighted by molar-refractivity contribution is 7.16. The van der Waals surface area contributed by atoms with E-state index in [2.05, 4.69) is 46.5 Å². The van der Waals surface area contributed by atoms with Gasteiger partial charge in [-0.2, -0.15) is 11.1 Å². The van der Waals surface area contributed by atoms with E-state index in [9.17, 15) is 0 Å². The smallest absolute Gasteiger partial charge is 0.259 e. The van der Waals surface area contributed by atoms with Crippen LogP contribution in [0.25, 0.3) is 0 Å². The van der Waals surface area contributed by atoms with Crippen LogP contribution in [0, 0.1) is 0 Å². The number of ether oxygens (including phenoxy) is 1. The van der Waals surface area contributed by atoms with E-state index in [1.54, 1.807) is 11.3 Å². The summed E-state index contributed by atoms with van der Waals surface area (Å²) in [5, 5.41) is 9.36. The standard InChI is InChI=1S/C11H16N8OS/c1-11(2)3-5-6(4-20-11)21-9-7(5)8-12-14-16-18(8)10-13-15-17-19(9)10/h8,12,14-17H,3-4H2,1-2H3. The number of nitrogens with zero attached hydrogens (tertiary/aromatic N) is 3. The molecule has 1 aromatic rings. The first-order chi connectivity index (χ1) is 10.1. The van der Waals surface area contributed by atoms with Crippen molar-refractivity contribution in [3.8, 4) is 0 Å². The van der Waals surface area contributed by atoms with Gasteiger partial charge in [-0.25, -0.2) is 21.0 Å². The van der Waals surface area contributed by atoms with Gasteiger partial charge in [0.25, 0.3) is 5.96 Å². The summed E-state index contributed by atoms with van der Waals surface area (Å²) in [7, 11) is 0. The quantitative estimate of drug-likeness (QED) is 0.440. The molecule has 0 aromatic carbocycles. The van der Waals surface area contributed by atoms with Crippen molar-refractivity contribution in [3.63, 3.8) is 0 Å². The molecule has 1 saturated heterocycles. The Morgan fingerprint density at radius 2 is 2.29 bits per heavy atom. The van der Waals surface area contributed by atoms with Gasteiger partial charge in [0.1, 0.15) is 11.2 Å². The molecule has 1 fully saturated rings. The number of anilines is 1. The van der Waals surface area contributed by atoms with Crippen molar-refractivity contribution in [2.45, 2.75) is 38.6 Å².